The molecule has 1 aromatic rings. The molecule has 3 rings (SSSR count). The molecular formula is C20H30N2O2. The van der Waals surface area contributed by atoms with Crippen LogP contribution in [-0.4, -0.2) is 52.6 Å². The number of likely N-dealkylation sites (tertiary alicyclic amines) is 1. The standard InChI is InChI=1S/C20H30N2O2/c1-2-19(23)15-21-12-10-17(11-13-21)20(24)22(18-8-9-18)14-16-6-4-3-5-7-16/h3-7,17-19,23H,2,8-15H2,1H3. The van der Waals surface area contributed by atoms with Gasteiger partial charge < -0.3 is 14.9 Å². The molecule has 1 amide bonds. The lowest BCUT2D eigenvalue weighted by Gasteiger charge is -2.35. The fourth-order valence-corrected chi connectivity index (χ4v) is 3.58. The highest BCUT2D eigenvalue weighted by molar-refractivity contribution is 5.79. The average molecular weight is 330 g/mol. The van der Waals surface area contributed by atoms with E-state index in [1.165, 1.54) is 5.56 Å². The summed E-state index contributed by atoms with van der Waals surface area (Å²) in [6.07, 6.45) is 4.71. The van der Waals surface area contributed by atoms with Crippen LogP contribution in [0.25, 0.3) is 0 Å². The van der Waals surface area contributed by atoms with Gasteiger partial charge in [0, 0.05) is 25.0 Å². The Labute approximate surface area is 145 Å². The Hall–Kier alpha value is -1.39. The summed E-state index contributed by atoms with van der Waals surface area (Å²) in [6.45, 7) is 5.36. The van der Waals surface area contributed by atoms with Crippen LogP contribution in [0.4, 0.5) is 0 Å². The first kappa shape index (κ1) is 17.4. The maximum Gasteiger partial charge on any atom is 0.226 e. The van der Waals surface area contributed by atoms with Crippen LogP contribution in [0.5, 0.6) is 0 Å². The van der Waals surface area contributed by atoms with E-state index in [-0.39, 0.29) is 12.0 Å². The quantitative estimate of drug-likeness (QED) is 0.836. The number of β-amino-alcohol motifs (C(OH)–C–C–N with tert-alkyl or cyclic N) is 1. The fourth-order valence-electron chi connectivity index (χ4n) is 3.58. The van der Waals surface area contributed by atoms with Crippen molar-refractivity contribution < 1.29 is 9.90 Å². The van der Waals surface area contributed by atoms with Crippen LogP contribution in [0.2, 0.25) is 0 Å². The summed E-state index contributed by atoms with van der Waals surface area (Å²) in [7, 11) is 0. The lowest BCUT2D eigenvalue weighted by atomic mass is 9.94. The molecule has 0 radical (unpaired) electrons. The first-order chi connectivity index (χ1) is 11.7. The van der Waals surface area contributed by atoms with E-state index in [0.29, 0.717) is 11.9 Å². The van der Waals surface area contributed by atoms with Crippen molar-refractivity contribution in [2.45, 2.75) is 57.7 Å². The van der Waals surface area contributed by atoms with Crippen LogP contribution in [0.3, 0.4) is 0 Å². The summed E-state index contributed by atoms with van der Waals surface area (Å²) < 4.78 is 0. The normalized spacial score (nSPS) is 20.8. The van der Waals surface area contributed by atoms with Crippen molar-refractivity contribution in [1.82, 2.24) is 9.80 Å². The van der Waals surface area contributed by atoms with E-state index in [1.807, 2.05) is 25.1 Å². The Balaban J connectivity index is 1.54. The second kappa shape index (κ2) is 8.13. The molecule has 24 heavy (non-hydrogen) atoms. The summed E-state index contributed by atoms with van der Waals surface area (Å²) in [5.41, 5.74) is 1.22. The molecular weight excluding hydrogens is 300 g/mol. The van der Waals surface area contributed by atoms with Crippen molar-refractivity contribution in [3.05, 3.63) is 35.9 Å². The number of aliphatic hydroxyl groups excluding tert-OH is 1. The van der Waals surface area contributed by atoms with Gasteiger partial charge in [0.1, 0.15) is 0 Å². The van der Waals surface area contributed by atoms with E-state index in [2.05, 4.69) is 21.9 Å². The second-order valence-corrected chi connectivity index (χ2v) is 7.32. The summed E-state index contributed by atoms with van der Waals surface area (Å²) in [5, 5.41) is 9.80. The van der Waals surface area contributed by atoms with E-state index in [9.17, 15) is 9.90 Å². The zero-order chi connectivity index (χ0) is 16.9. The number of hydrogen-bond donors (Lipinski definition) is 1. The molecule has 1 atom stereocenters. The van der Waals surface area contributed by atoms with Gasteiger partial charge in [-0.25, -0.2) is 0 Å². The average Bonchev–Trinajstić information content (AvgIpc) is 3.45. The molecule has 1 heterocycles. The third-order valence-electron chi connectivity index (χ3n) is 5.34. The number of nitrogens with zero attached hydrogens (tertiary/aromatic N) is 2. The van der Waals surface area contributed by atoms with E-state index in [0.717, 1.165) is 58.3 Å². The maximum atomic E-state index is 13.0. The van der Waals surface area contributed by atoms with Crippen LogP contribution in [0, 0.1) is 5.92 Å². The van der Waals surface area contributed by atoms with E-state index in [1.54, 1.807) is 0 Å². The SMILES string of the molecule is CCC(O)CN1CCC(C(=O)N(Cc2ccccc2)C2CC2)CC1. The van der Waals surface area contributed by atoms with Crippen molar-refractivity contribution in [3.63, 3.8) is 0 Å². The van der Waals surface area contributed by atoms with Gasteiger partial charge in [-0.3, -0.25) is 4.79 Å². The van der Waals surface area contributed by atoms with Crippen LogP contribution < -0.4 is 0 Å². The van der Waals surface area contributed by atoms with Crippen molar-refractivity contribution >= 4 is 5.91 Å². The minimum atomic E-state index is -0.238. The number of piperidine rings is 1. The number of carbonyl (C=O) groups is 1. The van der Waals surface area contributed by atoms with Crippen molar-refractivity contribution in [2.75, 3.05) is 19.6 Å². The predicted molar refractivity (Wildman–Crippen MR) is 95.5 cm³/mol. The first-order valence-corrected chi connectivity index (χ1v) is 9.42. The summed E-state index contributed by atoms with van der Waals surface area (Å²) >= 11 is 0. The Morgan fingerprint density at radius 3 is 2.46 bits per heavy atom. The minimum Gasteiger partial charge on any atom is -0.392 e. The molecule has 1 aliphatic carbocycles. The Morgan fingerprint density at radius 1 is 1.21 bits per heavy atom. The van der Waals surface area contributed by atoms with Crippen LogP contribution in [-0.2, 0) is 11.3 Å². The Kier molecular flexibility index (Phi) is 5.90. The van der Waals surface area contributed by atoms with Crippen LogP contribution >= 0.6 is 0 Å². The first-order valence-electron chi connectivity index (χ1n) is 9.42. The topological polar surface area (TPSA) is 43.8 Å². The number of benzene rings is 1. The van der Waals surface area contributed by atoms with Crippen molar-refractivity contribution in [1.29, 1.82) is 0 Å². The van der Waals surface area contributed by atoms with Gasteiger partial charge in [-0.05, 0) is 50.8 Å². The lowest BCUT2D eigenvalue weighted by molar-refractivity contribution is -0.138. The molecule has 1 unspecified atom stereocenters. The van der Waals surface area contributed by atoms with Gasteiger partial charge in [-0.2, -0.15) is 0 Å². The monoisotopic (exact) mass is 330 g/mol. The molecule has 0 spiro atoms. The van der Waals surface area contributed by atoms with Gasteiger partial charge in [-0.15, -0.1) is 0 Å². The van der Waals surface area contributed by atoms with Crippen molar-refractivity contribution in [3.8, 4) is 0 Å². The van der Waals surface area contributed by atoms with Crippen molar-refractivity contribution in [2.24, 2.45) is 5.92 Å². The summed E-state index contributed by atoms with van der Waals surface area (Å²) in [4.78, 5) is 17.5. The van der Waals surface area contributed by atoms with Gasteiger partial charge in [0.05, 0.1) is 6.10 Å². The highest BCUT2D eigenvalue weighted by atomic mass is 16.3. The van der Waals surface area contributed by atoms with E-state index >= 15 is 0 Å². The number of hydrogen-bond acceptors (Lipinski definition) is 3. The molecule has 0 bridgehead atoms. The smallest absolute Gasteiger partial charge is 0.226 e. The molecule has 1 aliphatic heterocycles. The Morgan fingerprint density at radius 2 is 1.88 bits per heavy atom. The van der Waals surface area contributed by atoms with Gasteiger partial charge in [0.25, 0.3) is 0 Å². The molecule has 1 N–H and O–H groups in total. The maximum absolute atomic E-state index is 13.0. The molecule has 2 aliphatic rings. The van der Waals surface area contributed by atoms with Gasteiger partial charge in [-0.1, -0.05) is 37.3 Å². The Bertz CT molecular complexity index is 522. The molecule has 2 fully saturated rings. The highest BCUT2D eigenvalue weighted by Crippen LogP contribution is 2.31. The molecule has 4 nitrogen and oxygen atoms in total. The second-order valence-electron chi connectivity index (χ2n) is 7.32. The largest absolute Gasteiger partial charge is 0.392 e. The third kappa shape index (κ3) is 4.58. The number of aliphatic hydroxyl groups is 1. The number of amides is 1. The van der Waals surface area contributed by atoms with Crippen LogP contribution in [0.1, 0.15) is 44.6 Å². The molecule has 1 saturated heterocycles. The number of rotatable bonds is 7. The highest BCUT2D eigenvalue weighted by Gasteiger charge is 2.36. The summed E-state index contributed by atoms with van der Waals surface area (Å²) in [6, 6.07) is 10.8. The zero-order valence-corrected chi connectivity index (χ0v) is 14.7. The lowest BCUT2D eigenvalue weighted by Crippen LogP contribution is -2.44. The van der Waals surface area contributed by atoms with Gasteiger partial charge >= 0.3 is 0 Å². The molecule has 132 valence electrons. The number of carbonyl (C=O) groups excluding carboxylic acids is 1. The van der Waals surface area contributed by atoms with E-state index in [4.69, 9.17) is 0 Å². The fraction of sp³-hybridized carbons (Fsp3) is 0.650. The third-order valence-corrected chi connectivity index (χ3v) is 5.34. The minimum absolute atomic E-state index is 0.157. The molecule has 0 aromatic heterocycles. The summed E-state index contributed by atoms with van der Waals surface area (Å²) in [5.74, 6) is 0.501. The zero-order valence-electron chi connectivity index (χ0n) is 14.7. The molecule has 4 heteroatoms. The molecule has 1 aromatic carbocycles. The molecule has 1 saturated carbocycles. The van der Waals surface area contributed by atoms with Gasteiger partial charge in [0.2, 0.25) is 5.91 Å². The van der Waals surface area contributed by atoms with Crippen LogP contribution in [0.15, 0.2) is 30.3 Å². The van der Waals surface area contributed by atoms with Gasteiger partial charge in [0.15, 0.2) is 0 Å². The predicted octanol–water partition coefficient (Wildman–Crippen LogP) is 2.66. The van der Waals surface area contributed by atoms with E-state index < -0.39 is 0 Å².